The van der Waals surface area contributed by atoms with Crippen LogP contribution in [0.2, 0.25) is 0 Å². The topological polar surface area (TPSA) is 91.1 Å². The van der Waals surface area contributed by atoms with Crippen molar-refractivity contribution < 1.29 is 14.4 Å². The van der Waals surface area contributed by atoms with E-state index in [1.54, 1.807) is 0 Å². The van der Waals surface area contributed by atoms with Gasteiger partial charge >= 0.3 is 0 Å². The average Bonchev–Trinajstić information content (AvgIpc) is 3.07. The number of thioether (sulfide) groups is 1. The summed E-state index contributed by atoms with van der Waals surface area (Å²) in [6, 6.07) is 8.02. The number of aromatic amines is 1. The molecule has 0 saturated carbocycles. The average molecular weight is 375 g/mol. The molecule has 3 N–H and O–H groups in total. The molecule has 2 amide bonds. The van der Waals surface area contributed by atoms with Crippen LogP contribution in [-0.4, -0.2) is 40.8 Å². The van der Waals surface area contributed by atoms with Gasteiger partial charge in [0, 0.05) is 29.6 Å². The Balaban J connectivity index is 1.64. The van der Waals surface area contributed by atoms with Crippen LogP contribution >= 0.6 is 11.8 Å². The summed E-state index contributed by atoms with van der Waals surface area (Å²) >= 11 is 0.924. The summed E-state index contributed by atoms with van der Waals surface area (Å²) in [5.74, 6) is -0.368. The van der Waals surface area contributed by atoms with Crippen molar-refractivity contribution in [3.05, 3.63) is 36.0 Å². The highest BCUT2D eigenvalue weighted by Gasteiger charge is 2.13. The minimum Gasteiger partial charge on any atom is -0.361 e. The van der Waals surface area contributed by atoms with Crippen LogP contribution in [-0.2, 0) is 20.8 Å². The normalized spacial score (nSPS) is 11.9. The summed E-state index contributed by atoms with van der Waals surface area (Å²) in [5, 5.41) is 6.35. The molecule has 1 heterocycles. The first kappa shape index (κ1) is 20.0. The fourth-order valence-electron chi connectivity index (χ4n) is 2.44. The molecular weight excluding hydrogens is 350 g/mol. The van der Waals surface area contributed by atoms with Crippen molar-refractivity contribution in [3.63, 3.8) is 0 Å². The fourth-order valence-corrected chi connectivity index (χ4v) is 3.01. The molecule has 0 aliphatic rings. The highest BCUT2D eigenvalue weighted by molar-refractivity contribution is 8.14. The summed E-state index contributed by atoms with van der Waals surface area (Å²) in [6.07, 6.45) is 3.40. The monoisotopic (exact) mass is 375 g/mol. The van der Waals surface area contributed by atoms with Gasteiger partial charge in [0.1, 0.15) is 0 Å². The van der Waals surface area contributed by atoms with Crippen molar-refractivity contribution >= 4 is 39.6 Å². The molecule has 1 atom stereocenters. The quantitative estimate of drug-likeness (QED) is 0.627. The van der Waals surface area contributed by atoms with Gasteiger partial charge in [-0.2, -0.15) is 0 Å². The summed E-state index contributed by atoms with van der Waals surface area (Å²) in [7, 11) is 0. The van der Waals surface area contributed by atoms with Crippen molar-refractivity contribution in [2.24, 2.45) is 5.92 Å². The maximum atomic E-state index is 11.9. The van der Waals surface area contributed by atoms with Crippen LogP contribution in [0.4, 0.5) is 0 Å². The molecule has 2 aromatic rings. The van der Waals surface area contributed by atoms with Crippen LogP contribution < -0.4 is 10.6 Å². The second kappa shape index (κ2) is 10.0. The Kier molecular flexibility index (Phi) is 7.72. The van der Waals surface area contributed by atoms with Gasteiger partial charge in [-0.05, 0) is 24.5 Å². The second-order valence-electron chi connectivity index (χ2n) is 6.15. The standard InChI is InChI=1S/C19H25N3O3S/c1-3-13(2)19(25)22-11-18(24)26-12-17(23)20-9-8-14-10-21-16-7-5-4-6-15(14)16/h4-7,10,13,21H,3,8-9,11-12H2,1-2H3,(H,20,23)(H,22,25)/t13-/m0/s1. The minimum atomic E-state index is -0.214. The lowest BCUT2D eigenvalue weighted by molar-refractivity contribution is -0.126. The molecule has 26 heavy (non-hydrogen) atoms. The van der Waals surface area contributed by atoms with E-state index in [9.17, 15) is 14.4 Å². The highest BCUT2D eigenvalue weighted by atomic mass is 32.2. The minimum absolute atomic E-state index is 0.0452. The molecule has 0 radical (unpaired) electrons. The van der Waals surface area contributed by atoms with Gasteiger partial charge in [-0.3, -0.25) is 14.4 Å². The number of rotatable bonds is 9. The van der Waals surface area contributed by atoms with Crippen LogP contribution in [0.1, 0.15) is 25.8 Å². The molecule has 6 nitrogen and oxygen atoms in total. The third-order valence-electron chi connectivity index (χ3n) is 4.22. The highest BCUT2D eigenvalue weighted by Crippen LogP contribution is 2.17. The molecule has 0 bridgehead atoms. The molecule has 0 aliphatic heterocycles. The number of H-pyrrole nitrogens is 1. The summed E-state index contributed by atoms with van der Waals surface area (Å²) in [5.41, 5.74) is 2.23. The van der Waals surface area contributed by atoms with Gasteiger partial charge in [0.25, 0.3) is 0 Å². The van der Waals surface area contributed by atoms with Gasteiger partial charge in [-0.1, -0.05) is 43.8 Å². The van der Waals surface area contributed by atoms with Gasteiger partial charge in [-0.15, -0.1) is 0 Å². The first-order valence-electron chi connectivity index (χ1n) is 8.76. The first-order valence-corrected chi connectivity index (χ1v) is 9.74. The smallest absolute Gasteiger partial charge is 0.230 e. The Bertz CT molecular complexity index is 772. The van der Waals surface area contributed by atoms with Gasteiger partial charge in [0.2, 0.25) is 16.9 Å². The Morgan fingerprint density at radius 3 is 2.73 bits per heavy atom. The summed E-state index contributed by atoms with van der Waals surface area (Å²) < 4.78 is 0. The number of carbonyl (C=O) groups excluding carboxylic acids is 3. The van der Waals surface area contributed by atoms with Gasteiger partial charge in [0.05, 0.1) is 12.3 Å². The number of hydrogen-bond acceptors (Lipinski definition) is 4. The molecule has 7 heteroatoms. The molecule has 2 rings (SSSR count). The zero-order chi connectivity index (χ0) is 18.9. The van der Waals surface area contributed by atoms with Crippen molar-refractivity contribution in [1.29, 1.82) is 0 Å². The van der Waals surface area contributed by atoms with Gasteiger partial charge in [0.15, 0.2) is 0 Å². The maximum absolute atomic E-state index is 11.9. The Hall–Kier alpha value is -2.28. The van der Waals surface area contributed by atoms with E-state index >= 15 is 0 Å². The molecule has 0 aliphatic carbocycles. The summed E-state index contributed by atoms with van der Waals surface area (Å²) in [6.45, 7) is 4.20. The number of aromatic nitrogens is 1. The zero-order valence-corrected chi connectivity index (χ0v) is 15.9. The largest absolute Gasteiger partial charge is 0.361 e. The number of benzene rings is 1. The Morgan fingerprint density at radius 1 is 1.19 bits per heavy atom. The van der Waals surface area contributed by atoms with E-state index < -0.39 is 0 Å². The van der Waals surface area contributed by atoms with Crippen molar-refractivity contribution in [1.82, 2.24) is 15.6 Å². The summed E-state index contributed by atoms with van der Waals surface area (Å²) in [4.78, 5) is 38.4. The number of para-hydroxylation sites is 1. The van der Waals surface area contributed by atoms with Crippen LogP contribution in [0, 0.1) is 5.92 Å². The Labute approximate surface area is 157 Å². The molecule has 140 valence electrons. The second-order valence-corrected chi connectivity index (χ2v) is 7.18. The molecule has 1 aromatic heterocycles. The third kappa shape index (κ3) is 5.91. The van der Waals surface area contributed by atoms with Crippen LogP contribution in [0.15, 0.2) is 30.5 Å². The van der Waals surface area contributed by atoms with Gasteiger partial charge < -0.3 is 15.6 Å². The fraction of sp³-hybridized carbons (Fsp3) is 0.421. The van der Waals surface area contributed by atoms with Gasteiger partial charge in [-0.25, -0.2) is 0 Å². The number of fused-ring (bicyclic) bond motifs is 1. The van der Waals surface area contributed by atoms with E-state index in [-0.39, 0.29) is 35.1 Å². The van der Waals surface area contributed by atoms with Crippen molar-refractivity contribution in [2.45, 2.75) is 26.7 Å². The lowest BCUT2D eigenvalue weighted by Gasteiger charge is -2.09. The predicted octanol–water partition coefficient (Wildman–Crippen LogP) is 2.25. The number of hydrogen-bond donors (Lipinski definition) is 3. The molecule has 0 unspecified atom stereocenters. The molecule has 0 saturated heterocycles. The zero-order valence-electron chi connectivity index (χ0n) is 15.1. The molecule has 0 spiro atoms. The Morgan fingerprint density at radius 2 is 1.96 bits per heavy atom. The van der Waals surface area contributed by atoms with Crippen LogP contribution in [0.25, 0.3) is 10.9 Å². The number of amides is 2. The predicted molar refractivity (Wildman–Crippen MR) is 105 cm³/mol. The first-order chi connectivity index (χ1) is 12.5. The van der Waals surface area contributed by atoms with Crippen molar-refractivity contribution in [2.75, 3.05) is 18.8 Å². The van der Waals surface area contributed by atoms with E-state index in [0.29, 0.717) is 6.54 Å². The SMILES string of the molecule is CC[C@H](C)C(=O)NCC(=O)SCC(=O)NCCc1c[nH]c2ccccc12. The lowest BCUT2D eigenvalue weighted by atomic mass is 10.1. The third-order valence-corrected chi connectivity index (χ3v) is 5.10. The van der Waals surface area contributed by atoms with Crippen LogP contribution in [0.3, 0.4) is 0 Å². The lowest BCUT2D eigenvalue weighted by Crippen LogP contribution is -2.33. The van der Waals surface area contributed by atoms with Crippen molar-refractivity contribution in [3.8, 4) is 0 Å². The molecule has 1 aromatic carbocycles. The van der Waals surface area contributed by atoms with E-state index in [2.05, 4.69) is 15.6 Å². The van der Waals surface area contributed by atoms with Crippen LogP contribution in [0.5, 0.6) is 0 Å². The van der Waals surface area contributed by atoms with E-state index in [0.717, 1.165) is 41.1 Å². The molecule has 0 fully saturated rings. The maximum Gasteiger partial charge on any atom is 0.230 e. The van der Waals surface area contributed by atoms with E-state index in [4.69, 9.17) is 0 Å². The van der Waals surface area contributed by atoms with E-state index in [1.165, 1.54) is 0 Å². The van der Waals surface area contributed by atoms with E-state index in [1.807, 2.05) is 44.3 Å². The molecular formula is C19H25N3O3S. The number of carbonyl (C=O) groups is 3. The number of nitrogens with one attached hydrogen (secondary N) is 3.